The Morgan fingerprint density at radius 1 is 1.16 bits per heavy atom. The second kappa shape index (κ2) is 6.36. The van der Waals surface area contributed by atoms with E-state index in [9.17, 15) is 21.6 Å². The van der Waals surface area contributed by atoms with Crippen LogP contribution in [-0.2, 0) is 10.0 Å². The van der Waals surface area contributed by atoms with Crippen LogP contribution >= 0.6 is 0 Å². The van der Waals surface area contributed by atoms with Crippen LogP contribution in [0.15, 0.2) is 48.9 Å². The van der Waals surface area contributed by atoms with Crippen molar-refractivity contribution >= 4 is 21.5 Å². The molecule has 0 aliphatic heterocycles. The van der Waals surface area contributed by atoms with Crippen molar-refractivity contribution in [2.45, 2.75) is 12.6 Å². The van der Waals surface area contributed by atoms with Crippen molar-refractivity contribution in [2.75, 3.05) is 10.5 Å². The number of nitrogens with zero attached hydrogens (tertiary/aromatic N) is 3. The predicted octanol–water partition coefficient (Wildman–Crippen LogP) is 3.09. The number of alkyl halides is 3. The van der Waals surface area contributed by atoms with Gasteiger partial charge in [0.05, 0.1) is 17.9 Å². The number of aromatic nitrogens is 3. The molecule has 1 aromatic carbocycles. The molecule has 0 unspecified atom stereocenters. The van der Waals surface area contributed by atoms with Crippen LogP contribution in [0, 0.1) is 0 Å². The quantitative estimate of drug-likeness (QED) is 0.749. The molecule has 0 spiro atoms. The molecule has 0 saturated heterocycles. The summed E-state index contributed by atoms with van der Waals surface area (Å²) in [5.41, 5.74) is 1.56. The monoisotopic (exact) mass is 370 g/mol. The third-order valence-electron chi connectivity index (χ3n) is 3.34. The van der Waals surface area contributed by atoms with Gasteiger partial charge < -0.3 is 0 Å². The van der Waals surface area contributed by atoms with Crippen molar-refractivity contribution in [3.63, 3.8) is 0 Å². The summed E-state index contributed by atoms with van der Waals surface area (Å²) >= 11 is 0. The van der Waals surface area contributed by atoms with Crippen molar-refractivity contribution < 1.29 is 21.6 Å². The van der Waals surface area contributed by atoms with Crippen LogP contribution in [0.3, 0.4) is 0 Å². The molecule has 0 aliphatic rings. The second-order valence-corrected chi connectivity index (χ2v) is 7.16. The van der Waals surface area contributed by atoms with Crippen LogP contribution in [0.2, 0.25) is 0 Å². The number of hydrogen-bond donors (Lipinski definition) is 1. The van der Waals surface area contributed by atoms with E-state index >= 15 is 0 Å². The Morgan fingerprint density at radius 2 is 1.88 bits per heavy atom. The van der Waals surface area contributed by atoms with Gasteiger partial charge in [-0.15, -0.1) is 0 Å². The smallest absolute Gasteiger partial charge is 0.291 e. The predicted molar refractivity (Wildman–Crippen MR) is 86.5 cm³/mol. The second-order valence-electron chi connectivity index (χ2n) is 5.32. The number of rotatable bonds is 5. The van der Waals surface area contributed by atoms with Gasteiger partial charge in [0.2, 0.25) is 15.8 Å². The van der Waals surface area contributed by atoms with Crippen LogP contribution in [-0.4, -0.2) is 34.7 Å². The molecule has 0 aliphatic carbocycles. The van der Waals surface area contributed by atoms with Gasteiger partial charge in [-0.25, -0.2) is 18.4 Å². The van der Waals surface area contributed by atoms with Gasteiger partial charge in [0.1, 0.15) is 0 Å². The summed E-state index contributed by atoms with van der Waals surface area (Å²) in [5, 5.41) is 0. The fourth-order valence-corrected chi connectivity index (χ4v) is 3.26. The third kappa shape index (κ3) is 4.47. The standard InChI is InChI=1S/C15H13F3N4O2S/c16-15(17,18)6-9-25(23,24)21-12-4-2-11(3-5-12)13-10-22-8-1-7-19-14(22)20-13/h1-5,7-8,10,21H,6,9H2. The number of benzene rings is 1. The fourth-order valence-electron chi connectivity index (χ4n) is 2.16. The van der Waals surface area contributed by atoms with E-state index in [-0.39, 0.29) is 5.69 Å². The maximum atomic E-state index is 12.1. The van der Waals surface area contributed by atoms with E-state index in [4.69, 9.17) is 0 Å². The Hall–Kier alpha value is -2.62. The first-order valence-electron chi connectivity index (χ1n) is 7.19. The molecule has 0 atom stereocenters. The van der Waals surface area contributed by atoms with Gasteiger partial charge in [0.15, 0.2) is 0 Å². The minimum absolute atomic E-state index is 0.188. The largest absolute Gasteiger partial charge is 0.390 e. The lowest BCUT2D eigenvalue weighted by molar-refractivity contribution is -0.129. The Bertz CT molecular complexity index is 949. The van der Waals surface area contributed by atoms with E-state index in [1.54, 1.807) is 41.2 Å². The number of sulfonamides is 1. The third-order valence-corrected chi connectivity index (χ3v) is 4.63. The van der Waals surface area contributed by atoms with E-state index in [0.717, 1.165) is 5.56 Å². The number of hydrogen-bond acceptors (Lipinski definition) is 4. The topological polar surface area (TPSA) is 76.4 Å². The SMILES string of the molecule is O=S(=O)(CCC(F)(F)F)Nc1ccc(-c2cn3cccnc3n2)cc1. The zero-order valence-electron chi connectivity index (χ0n) is 12.7. The minimum atomic E-state index is -4.52. The summed E-state index contributed by atoms with van der Waals surface area (Å²) in [6, 6.07) is 7.96. The van der Waals surface area contributed by atoms with Crippen molar-refractivity contribution in [1.82, 2.24) is 14.4 Å². The number of halogens is 3. The molecule has 0 fully saturated rings. The van der Waals surface area contributed by atoms with Crippen molar-refractivity contribution in [1.29, 1.82) is 0 Å². The molecule has 25 heavy (non-hydrogen) atoms. The molecule has 10 heteroatoms. The van der Waals surface area contributed by atoms with Gasteiger partial charge in [0, 0.05) is 29.8 Å². The average Bonchev–Trinajstić information content (AvgIpc) is 2.97. The maximum Gasteiger partial charge on any atom is 0.390 e. The number of imidazole rings is 1. The van der Waals surface area contributed by atoms with Crippen LogP contribution < -0.4 is 4.72 Å². The molecule has 0 amide bonds. The summed E-state index contributed by atoms with van der Waals surface area (Å²) in [7, 11) is -4.07. The minimum Gasteiger partial charge on any atom is -0.291 e. The average molecular weight is 370 g/mol. The molecule has 132 valence electrons. The highest BCUT2D eigenvalue weighted by atomic mass is 32.2. The summed E-state index contributed by atoms with van der Waals surface area (Å²) in [6.07, 6.45) is -0.734. The molecule has 0 saturated carbocycles. The van der Waals surface area contributed by atoms with E-state index in [0.29, 0.717) is 11.5 Å². The molecule has 2 heterocycles. The van der Waals surface area contributed by atoms with E-state index in [1.165, 1.54) is 12.1 Å². The molecule has 2 aromatic heterocycles. The Labute approximate surface area is 141 Å². The van der Waals surface area contributed by atoms with Crippen molar-refractivity contribution in [3.05, 3.63) is 48.9 Å². The maximum absolute atomic E-state index is 12.1. The Morgan fingerprint density at radius 3 is 2.52 bits per heavy atom. The van der Waals surface area contributed by atoms with Crippen molar-refractivity contribution in [2.24, 2.45) is 0 Å². The van der Waals surface area contributed by atoms with Crippen LogP contribution in [0.5, 0.6) is 0 Å². The first-order valence-corrected chi connectivity index (χ1v) is 8.84. The van der Waals surface area contributed by atoms with Crippen LogP contribution in [0.1, 0.15) is 6.42 Å². The van der Waals surface area contributed by atoms with E-state index in [2.05, 4.69) is 14.7 Å². The first-order chi connectivity index (χ1) is 11.7. The van der Waals surface area contributed by atoms with E-state index in [1.807, 2.05) is 0 Å². The summed E-state index contributed by atoms with van der Waals surface area (Å²) in [5.74, 6) is -0.495. The number of nitrogens with one attached hydrogen (secondary N) is 1. The normalized spacial score (nSPS) is 12.4. The Kier molecular flexibility index (Phi) is 4.38. The molecular formula is C15H13F3N4O2S. The van der Waals surface area contributed by atoms with Crippen LogP contribution in [0.25, 0.3) is 17.0 Å². The number of anilines is 1. The molecular weight excluding hydrogens is 357 g/mol. The molecule has 0 radical (unpaired) electrons. The molecule has 3 aromatic rings. The summed E-state index contributed by atoms with van der Waals surface area (Å²) in [6.45, 7) is 0. The number of fused-ring (bicyclic) bond motifs is 1. The molecule has 3 rings (SSSR count). The lowest BCUT2D eigenvalue weighted by atomic mass is 10.1. The van der Waals surface area contributed by atoms with Gasteiger partial charge >= 0.3 is 6.18 Å². The van der Waals surface area contributed by atoms with E-state index < -0.39 is 28.4 Å². The Balaban J connectivity index is 1.74. The van der Waals surface area contributed by atoms with Crippen molar-refractivity contribution in [3.8, 4) is 11.3 Å². The fraction of sp³-hybridized carbons (Fsp3) is 0.200. The van der Waals surface area contributed by atoms with Gasteiger partial charge in [-0.3, -0.25) is 9.12 Å². The highest BCUT2D eigenvalue weighted by Gasteiger charge is 2.29. The molecule has 1 N–H and O–H groups in total. The van der Waals surface area contributed by atoms with Gasteiger partial charge in [0.25, 0.3) is 0 Å². The lowest BCUT2D eigenvalue weighted by Gasteiger charge is -2.10. The first kappa shape index (κ1) is 17.2. The molecule has 0 bridgehead atoms. The highest BCUT2D eigenvalue weighted by molar-refractivity contribution is 7.92. The zero-order chi connectivity index (χ0) is 18.1. The zero-order valence-corrected chi connectivity index (χ0v) is 13.5. The summed E-state index contributed by atoms with van der Waals surface area (Å²) in [4.78, 5) is 8.43. The lowest BCUT2D eigenvalue weighted by Crippen LogP contribution is -2.21. The van der Waals surface area contributed by atoms with Crippen LogP contribution in [0.4, 0.5) is 18.9 Å². The summed E-state index contributed by atoms with van der Waals surface area (Å²) < 4.78 is 63.7. The van der Waals surface area contributed by atoms with Gasteiger partial charge in [-0.05, 0) is 18.2 Å². The molecule has 6 nitrogen and oxygen atoms in total. The van der Waals surface area contributed by atoms with Gasteiger partial charge in [-0.1, -0.05) is 12.1 Å². The highest BCUT2D eigenvalue weighted by Crippen LogP contribution is 2.23. The van der Waals surface area contributed by atoms with Gasteiger partial charge in [-0.2, -0.15) is 13.2 Å².